The number of rotatable bonds is 8. The van der Waals surface area contributed by atoms with Gasteiger partial charge in [-0.1, -0.05) is 26.0 Å². The van der Waals surface area contributed by atoms with Crippen LogP contribution in [0.15, 0.2) is 33.6 Å². The molecule has 1 aromatic rings. The normalized spacial score (nSPS) is 13.3. The molecule has 0 aromatic heterocycles. The second kappa shape index (κ2) is 7.91. The Morgan fingerprint density at radius 3 is 2.48 bits per heavy atom. The second-order valence-corrected chi connectivity index (χ2v) is 7.97. The summed E-state index contributed by atoms with van der Waals surface area (Å²) in [7, 11) is -3.65. The van der Waals surface area contributed by atoms with Crippen LogP contribution in [0.4, 0.5) is 0 Å². The maximum absolute atomic E-state index is 12.2. The summed E-state index contributed by atoms with van der Waals surface area (Å²) in [5.41, 5.74) is 0. The van der Waals surface area contributed by atoms with E-state index in [0.717, 1.165) is 0 Å². The first-order valence-electron chi connectivity index (χ1n) is 6.68. The highest BCUT2D eigenvalue weighted by molar-refractivity contribution is 9.10. The van der Waals surface area contributed by atoms with Crippen LogP contribution < -0.4 is 4.72 Å². The molecule has 0 saturated heterocycles. The average Bonchev–Trinajstić information content (AvgIpc) is 2.35. The van der Waals surface area contributed by atoms with Gasteiger partial charge in [0, 0.05) is 17.4 Å². The van der Waals surface area contributed by atoms with E-state index < -0.39 is 16.0 Å². The minimum atomic E-state index is -3.65. The number of sulfonamides is 1. The zero-order chi connectivity index (χ0) is 16.0. The van der Waals surface area contributed by atoms with Crippen LogP contribution in [0, 0.1) is 11.8 Å². The number of halogens is 1. The van der Waals surface area contributed by atoms with Crippen molar-refractivity contribution in [2.24, 2.45) is 11.8 Å². The van der Waals surface area contributed by atoms with Gasteiger partial charge in [0.25, 0.3) is 0 Å². The molecule has 118 valence electrons. The third kappa shape index (κ3) is 6.15. The number of aliphatic carboxylic acids is 1. The molecule has 0 fully saturated rings. The molecular formula is C14H20BrNO4S. The lowest BCUT2D eigenvalue weighted by atomic mass is 9.94. The first-order valence-corrected chi connectivity index (χ1v) is 8.96. The zero-order valence-corrected chi connectivity index (χ0v) is 14.4. The highest BCUT2D eigenvalue weighted by Gasteiger charge is 2.21. The van der Waals surface area contributed by atoms with Gasteiger partial charge in [-0.2, -0.15) is 0 Å². The summed E-state index contributed by atoms with van der Waals surface area (Å²) in [6.07, 6.45) is 0.613. The quantitative estimate of drug-likeness (QED) is 0.729. The summed E-state index contributed by atoms with van der Waals surface area (Å²) < 4.78 is 27.5. The van der Waals surface area contributed by atoms with Crippen LogP contribution >= 0.6 is 15.9 Å². The number of carboxylic acids is 1. The summed E-state index contributed by atoms with van der Waals surface area (Å²) in [6.45, 7) is 4.09. The van der Waals surface area contributed by atoms with Crippen LogP contribution in [0.5, 0.6) is 0 Å². The molecule has 7 heteroatoms. The molecule has 0 aliphatic heterocycles. The van der Waals surface area contributed by atoms with E-state index in [1.807, 2.05) is 13.8 Å². The Labute approximate surface area is 133 Å². The molecule has 2 N–H and O–H groups in total. The van der Waals surface area contributed by atoms with Crippen molar-refractivity contribution in [2.75, 3.05) is 6.54 Å². The molecule has 5 nitrogen and oxygen atoms in total. The molecular weight excluding hydrogens is 358 g/mol. The number of hydrogen-bond acceptors (Lipinski definition) is 3. The summed E-state index contributed by atoms with van der Waals surface area (Å²) in [5, 5.41) is 8.90. The number of carboxylic acid groups (broad SMARTS) is 1. The van der Waals surface area contributed by atoms with E-state index in [2.05, 4.69) is 20.7 Å². The molecule has 1 atom stereocenters. The molecule has 1 rings (SSSR count). The highest BCUT2D eigenvalue weighted by atomic mass is 79.9. The van der Waals surface area contributed by atoms with Crippen molar-refractivity contribution in [2.45, 2.75) is 31.6 Å². The van der Waals surface area contributed by atoms with E-state index in [-0.39, 0.29) is 23.8 Å². The highest BCUT2D eigenvalue weighted by Crippen LogP contribution is 2.22. The molecule has 0 radical (unpaired) electrons. The van der Waals surface area contributed by atoms with Crippen molar-refractivity contribution in [3.8, 4) is 0 Å². The predicted octanol–water partition coefficient (Wildman–Crippen LogP) is 2.86. The topological polar surface area (TPSA) is 83.5 Å². The minimum Gasteiger partial charge on any atom is -0.481 e. The third-order valence-electron chi connectivity index (χ3n) is 2.96. The first kappa shape index (κ1) is 18.1. The fraction of sp³-hybridized carbons (Fsp3) is 0.500. The van der Waals surface area contributed by atoms with Gasteiger partial charge in [0.05, 0.1) is 4.90 Å². The molecule has 1 aromatic carbocycles. The van der Waals surface area contributed by atoms with Crippen molar-refractivity contribution < 1.29 is 18.3 Å². The van der Waals surface area contributed by atoms with E-state index in [9.17, 15) is 13.2 Å². The Hall–Kier alpha value is -0.920. The smallest absolute Gasteiger partial charge is 0.303 e. The minimum absolute atomic E-state index is 0.0450. The van der Waals surface area contributed by atoms with Gasteiger partial charge in [-0.15, -0.1) is 0 Å². The van der Waals surface area contributed by atoms with E-state index in [1.165, 1.54) is 6.07 Å². The van der Waals surface area contributed by atoms with E-state index >= 15 is 0 Å². The monoisotopic (exact) mass is 377 g/mol. The lowest BCUT2D eigenvalue weighted by Gasteiger charge is -2.18. The van der Waals surface area contributed by atoms with E-state index in [1.54, 1.807) is 18.2 Å². The lowest BCUT2D eigenvalue weighted by Crippen LogP contribution is -2.31. The maximum Gasteiger partial charge on any atom is 0.303 e. The Balaban J connectivity index is 2.78. The summed E-state index contributed by atoms with van der Waals surface area (Å²) in [4.78, 5) is 11.0. The van der Waals surface area contributed by atoms with Crippen LogP contribution in [0.25, 0.3) is 0 Å². The van der Waals surface area contributed by atoms with Crippen molar-refractivity contribution in [1.82, 2.24) is 4.72 Å². The van der Waals surface area contributed by atoms with Gasteiger partial charge in [-0.3, -0.25) is 4.79 Å². The SMILES string of the molecule is CC(C)C[C@H](CNS(=O)(=O)c1ccccc1Br)CC(=O)O. The third-order valence-corrected chi connectivity index (χ3v) is 5.39. The Kier molecular flexibility index (Phi) is 6.83. The number of benzene rings is 1. The van der Waals surface area contributed by atoms with Crippen LogP contribution in [0.1, 0.15) is 26.7 Å². The van der Waals surface area contributed by atoms with Gasteiger partial charge in [-0.05, 0) is 46.3 Å². The second-order valence-electron chi connectivity index (χ2n) is 5.38. The van der Waals surface area contributed by atoms with Gasteiger partial charge in [0.2, 0.25) is 10.0 Å². The van der Waals surface area contributed by atoms with Gasteiger partial charge in [-0.25, -0.2) is 13.1 Å². The van der Waals surface area contributed by atoms with Crippen LogP contribution in [0.3, 0.4) is 0 Å². The molecule has 0 saturated carbocycles. The van der Waals surface area contributed by atoms with Crippen LogP contribution in [0.2, 0.25) is 0 Å². The average molecular weight is 378 g/mol. The molecule has 0 spiro atoms. The number of nitrogens with one attached hydrogen (secondary N) is 1. The van der Waals surface area contributed by atoms with Crippen molar-refractivity contribution in [3.63, 3.8) is 0 Å². The van der Waals surface area contributed by atoms with Crippen molar-refractivity contribution >= 4 is 31.9 Å². The lowest BCUT2D eigenvalue weighted by molar-refractivity contribution is -0.138. The van der Waals surface area contributed by atoms with Crippen LogP contribution in [-0.2, 0) is 14.8 Å². The molecule has 0 unspecified atom stereocenters. The van der Waals surface area contributed by atoms with Gasteiger partial charge in [0.1, 0.15) is 0 Å². The molecule has 0 bridgehead atoms. The molecule has 0 heterocycles. The predicted molar refractivity (Wildman–Crippen MR) is 84.5 cm³/mol. The van der Waals surface area contributed by atoms with E-state index in [4.69, 9.17) is 5.11 Å². The maximum atomic E-state index is 12.2. The van der Waals surface area contributed by atoms with E-state index in [0.29, 0.717) is 16.8 Å². The van der Waals surface area contributed by atoms with Crippen molar-refractivity contribution in [3.05, 3.63) is 28.7 Å². The Morgan fingerprint density at radius 1 is 1.33 bits per heavy atom. The Bertz CT molecular complexity index is 586. The number of carbonyl (C=O) groups is 1. The zero-order valence-electron chi connectivity index (χ0n) is 12.0. The fourth-order valence-corrected chi connectivity index (χ4v) is 4.24. The Morgan fingerprint density at radius 2 is 1.95 bits per heavy atom. The standard InChI is InChI=1S/C14H20BrNO4S/c1-10(2)7-11(8-14(17)18)9-16-21(19,20)13-6-4-3-5-12(13)15/h3-6,10-11,16H,7-9H2,1-2H3,(H,17,18)/t11-/m0/s1. The summed E-state index contributed by atoms with van der Waals surface area (Å²) >= 11 is 3.21. The first-order chi connectivity index (χ1) is 9.72. The van der Waals surface area contributed by atoms with Crippen LogP contribution in [-0.4, -0.2) is 26.0 Å². The van der Waals surface area contributed by atoms with Gasteiger partial charge < -0.3 is 5.11 Å². The number of hydrogen-bond donors (Lipinski definition) is 2. The largest absolute Gasteiger partial charge is 0.481 e. The molecule has 0 amide bonds. The molecule has 21 heavy (non-hydrogen) atoms. The summed E-state index contributed by atoms with van der Waals surface area (Å²) in [5.74, 6) is -0.831. The molecule has 0 aliphatic rings. The van der Waals surface area contributed by atoms with Crippen molar-refractivity contribution in [1.29, 1.82) is 0 Å². The summed E-state index contributed by atoms with van der Waals surface area (Å²) in [6, 6.07) is 6.52. The van der Waals surface area contributed by atoms with Gasteiger partial charge >= 0.3 is 5.97 Å². The molecule has 0 aliphatic carbocycles. The van der Waals surface area contributed by atoms with Gasteiger partial charge in [0.15, 0.2) is 0 Å². The fourth-order valence-electron chi connectivity index (χ4n) is 2.12.